The van der Waals surface area contributed by atoms with E-state index in [0.29, 0.717) is 0 Å². The molecule has 8 nitrogen and oxygen atoms in total. The molecule has 0 atom stereocenters. The van der Waals surface area contributed by atoms with E-state index in [1.54, 1.807) is 17.5 Å². The van der Waals surface area contributed by atoms with Crippen LogP contribution in [0.25, 0.3) is 55.2 Å². The van der Waals surface area contributed by atoms with E-state index in [1.807, 2.05) is 24.5 Å². The maximum atomic E-state index is 6.20. The van der Waals surface area contributed by atoms with Gasteiger partial charge in [-0.2, -0.15) is 5.10 Å². The first-order valence-electron chi connectivity index (χ1n) is 12.4. The summed E-state index contributed by atoms with van der Waals surface area (Å²) in [6.07, 6.45) is 7.61. The van der Waals surface area contributed by atoms with Crippen LogP contribution in [0.15, 0.2) is 61.1 Å². The Morgan fingerprint density at radius 2 is 1.92 bits per heavy atom. The molecule has 0 radical (unpaired) electrons. The Kier molecular flexibility index (Phi) is 5.44. The zero-order valence-corrected chi connectivity index (χ0v) is 21.1. The van der Waals surface area contributed by atoms with Gasteiger partial charge in [-0.3, -0.25) is 15.1 Å². The highest BCUT2D eigenvalue weighted by atomic mass is 32.1. The molecule has 7 rings (SSSR count). The molecular weight excluding hydrogens is 482 g/mol. The van der Waals surface area contributed by atoms with Crippen LogP contribution in [-0.4, -0.2) is 49.3 Å². The lowest BCUT2D eigenvalue weighted by Gasteiger charge is -2.23. The first kappa shape index (κ1) is 22.1. The molecule has 1 aliphatic heterocycles. The molecule has 0 spiro atoms. The fourth-order valence-electron chi connectivity index (χ4n) is 4.91. The van der Waals surface area contributed by atoms with Crippen LogP contribution < -0.4 is 10.1 Å². The van der Waals surface area contributed by atoms with Gasteiger partial charge in [-0.05, 0) is 63.2 Å². The Hall–Kier alpha value is -4.08. The van der Waals surface area contributed by atoms with Crippen molar-refractivity contribution >= 4 is 33.3 Å². The summed E-state index contributed by atoms with van der Waals surface area (Å²) in [4.78, 5) is 20.0. The fourth-order valence-corrected chi connectivity index (χ4v) is 5.80. The number of fused-ring (bicyclic) bond motifs is 2. The third-order valence-corrected chi connectivity index (χ3v) is 7.82. The minimum absolute atomic E-state index is 0.213. The average Bonchev–Trinajstić information content (AvgIpc) is 3.66. The third-order valence-electron chi connectivity index (χ3n) is 6.79. The Labute approximate surface area is 217 Å². The highest BCUT2D eigenvalue weighted by molar-refractivity contribution is 7.15. The molecule has 0 unspecified atom stereocenters. The van der Waals surface area contributed by atoms with Gasteiger partial charge in [0.05, 0.1) is 34.6 Å². The predicted molar refractivity (Wildman–Crippen MR) is 147 cm³/mol. The molecule has 0 saturated carbocycles. The molecule has 37 heavy (non-hydrogen) atoms. The minimum atomic E-state index is 0.213. The van der Waals surface area contributed by atoms with E-state index in [0.717, 1.165) is 82.0 Å². The molecule has 1 saturated heterocycles. The molecular formula is C28H25N7OS. The number of pyridine rings is 2. The molecule has 0 bridgehead atoms. The summed E-state index contributed by atoms with van der Waals surface area (Å²) in [6, 6.07) is 14.6. The molecule has 0 amide bonds. The van der Waals surface area contributed by atoms with Crippen LogP contribution in [0, 0.1) is 6.92 Å². The lowest BCUT2D eigenvalue weighted by Crippen LogP contribution is -2.34. The van der Waals surface area contributed by atoms with Crippen LogP contribution >= 0.6 is 11.3 Å². The zero-order valence-electron chi connectivity index (χ0n) is 20.3. The van der Waals surface area contributed by atoms with Gasteiger partial charge in [0, 0.05) is 32.5 Å². The van der Waals surface area contributed by atoms with Crippen molar-refractivity contribution in [2.75, 3.05) is 13.1 Å². The number of H-pyrrole nitrogens is 2. The normalized spacial score (nSPS) is 14.5. The number of aromatic nitrogens is 6. The zero-order chi connectivity index (χ0) is 24.8. The monoisotopic (exact) mass is 507 g/mol. The molecule has 0 aliphatic carbocycles. The van der Waals surface area contributed by atoms with Crippen molar-refractivity contribution in [2.24, 2.45) is 0 Å². The van der Waals surface area contributed by atoms with Crippen LogP contribution in [0.3, 0.4) is 0 Å². The lowest BCUT2D eigenvalue weighted by molar-refractivity contribution is 0.162. The van der Waals surface area contributed by atoms with E-state index in [4.69, 9.17) is 9.72 Å². The van der Waals surface area contributed by atoms with Crippen LogP contribution in [-0.2, 0) is 0 Å². The summed E-state index contributed by atoms with van der Waals surface area (Å²) in [5, 5.41) is 12.0. The Balaban J connectivity index is 1.26. The van der Waals surface area contributed by atoms with E-state index in [1.165, 1.54) is 9.75 Å². The van der Waals surface area contributed by atoms with Gasteiger partial charge in [0.2, 0.25) is 0 Å². The van der Waals surface area contributed by atoms with E-state index >= 15 is 0 Å². The SMILES string of the molecule is Cc1ccc(-c2cccc3[nH]c(-c4n[nH]c5cnc(-c6cncc(OC7CCNCC7)c6)cc45)nc23)s1. The number of imidazole rings is 1. The number of piperidine rings is 1. The van der Waals surface area contributed by atoms with E-state index in [2.05, 4.69) is 67.7 Å². The van der Waals surface area contributed by atoms with Gasteiger partial charge in [-0.15, -0.1) is 11.3 Å². The second-order valence-corrected chi connectivity index (χ2v) is 10.6. The molecule has 3 N–H and O–H groups in total. The third kappa shape index (κ3) is 4.16. The number of para-hydroxylation sites is 1. The second-order valence-electron chi connectivity index (χ2n) is 9.36. The number of ether oxygens (including phenoxy) is 1. The first-order valence-corrected chi connectivity index (χ1v) is 13.3. The van der Waals surface area contributed by atoms with Gasteiger partial charge < -0.3 is 15.0 Å². The Morgan fingerprint density at radius 3 is 2.78 bits per heavy atom. The van der Waals surface area contributed by atoms with Crippen molar-refractivity contribution in [1.29, 1.82) is 0 Å². The van der Waals surface area contributed by atoms with Crippen molar-refractivity contribution < 1.29 is 4.74 Å². The number of hydrogen-bond acceptors (Lipinski definition) is 7. The number of rotatable bonds is 5. The van der Waals surface area contributed by atoms with Crippen LogP contribution in [0.1, 0.15) is 17.7 Å². The largest absolute Gasteiger partial charge is 0.489 e. The van der Waals surface area contributed by atoms with Gasteiger partial charge in [0.1, 0.15) is 17.5 Å². The van der Waals surface area contributed by atoms with Crippen LogP contribution in [0.4, 0.5) is 0 Å². The van der Waals surface area contributed by atoms with Crippen LogP contribution in [0.5, 0.6) is 5.75 Å². The second kappa shape index (κ2) is 9.10. The van der Waals surface area contributed by atoms with Crippen molar-refractivity contribution in [2.45, 2.75) is 25.9 Å². The van der Waals surface area contributed by atoms with E-state index in [-0.39, 0.29) is 6.10 Å². The number of thiophene rings is 1. The van der Waals surface area contributed by atoms with E-state index < -0.39 is 0 Å². The Morgan fingerprint density at radius 1 is 1.00 bits per heavy atom. The standard InChI is InChI=1S/C28H25N7OS/c1-16-5-6-25(37-16)20-3-2-4-22-26(20)33-28(32-22)27-21-12-23(31-15-24(21)34-35-27)17-11-19(14-30-13-17)36-18-7-9-29-10-8-18/h2-6,11-15,18,29H,7-10H2,1H3,(H,32,33)(H,34,35). The van der Waals surface area contributed by atoms with E-state index in [9.17, 15) is 0 Å². The first-order chi connectivity index (χ1) is 18.2. The van der Waals surface area contributed by atoms with Gasteiger partial charge in [-0.1, -0.05) is 12.1 Å². The number of nitrogens with one attached hydrogen (secondary N) is 3. The number of aromatic amines is 2. The number of benzene rings is 1. The number of aryl methyl sites for hydroxylation is 1. The molecule has 6 heterocycles. The minimum Gasteiger partial charge on any atom is -0.489 e. The van der Waals surface area contributed by atoms with Gasteiger partial charge in [-0.25, -0.2) is 4.98 Å². The summed E-state index contributed by atoms with van der Waals surface area (Å²) in [5.41, 5.74) is 6.37. The fraction of sp³-hybridized carbons (Fsp3) is 0.214. The van der Waals surface area contributed by atoms with Crippen molar-refractivity contribution in [3.8, 4) is 39.0 Å². The lowest BCUT2D eigenvalue weighted by atomic mass is 10.1. The summed E-state index contributed by atoms with van der Waals surface area (Å²) in [6.45, 7) is 4.08. The van der Waals surface area contributed by atoms with Gasteiger partial charge in [0.15, 0.2) is 5.82 Å². The van der Waals surface area contributed by atoms with Crippen molar-refractivity contribution in [1.82, 2.24) is 35.5 Å². The van der Waals surface area contributed by atoms with Crippen molar-refractivity contribution in [3.63, 3.8) is 0 Å². The molecule has 6 aromatic rings. The van der Waals surface area contributed by atoms with Crippen LogP contribution in [0.2, 0.25) is 0 Å². The highest BCUT2D eigenvalue weighted by Crippen LogP contribution is 2.35. The smallest absolute Gasteiger partial charge is 0.159 e. The average molecular weight is 508 g/mol. The molecule has 1 aromatic carbocycles. The topological polar surface area (TPSA) is 104 Å². The summed E-state index contributed by atoms with van der Waals surface area (Å²) in [5.74, 6) is 1.49. The Bertz CT molecular complexity index is 1730. The molecule has 9 heteroatoms. The maximum absolute atomic E-state index is 6.20. The van der Waals surface area contributed by atoms with Gasteiger partial charge in [0.25, 0.3) is 0 Å². The number of nitrogens with zero attached hydrogens (tertiary/aromatic N) is 4. The molecule has 5 aromatic heterocycles. The maximum Gasteiger partial charge on any atom is 0.159 e. The summed E-state index contributed by atoms with van der Waals surface area (Å²) in [7, 11) is 0. The van der Waals surface area contributed by atoms with Gasteiger partial charge >= 0.3 is 0 Å². The number of hydrogen-bond donors (Lipinski definition) is 3. The van der Waals surface area contributed by atoms with Crippen molar-refractivity contribution in [3.05, 3.63) is 65.9 Å². The summed E-state index contributed by atoms with van der Waals surface area (Å²) < 4.78 is 6.20. The quantitative estimate of drug-likeness (QED) is 0.275. The molecule has 1 fully saturated rings. The molecule has 1 aliphatic rings. The highest BCUT2D eigenvalue weighted by Gasteiger charge is 2.18. The summed E-state index contributed by atoms with van der Waals surface area (Å²) >= 11 is 1.77. The molecule has 184 valence electrons. The predicted octanol–water partition coefficient (Wildman–Crippen LogP) is 5.73.